The fourth-order valence-electron chi connectivity index (χ4n) is 4.73. The maximum atomic E-state index is 13.5. The largest absolute Gasteiger partial charge is 0.326 e. The van der Waals surface area contributed by atoms with Gasteiger partial charge in [0, 0.05) is 18.0 Å². The molecule has 2 fully saturated rings. The number of aryl methyl sites for hydroxylation is 1. The predicted octanol–water partition coefficient (Wildman–Crippen LogP) is 5.48. The highest BCUT2D eigenvalue weighted by Crippen LogP contribution is 2.36. The smallest absolute Gasteiger partial charge is 0.257 e. The number of benzene rings is 3. The summed E-state index contributed by atoms with van der Waals surface area (Å²) < 4.78 is 14.5. The Balaban J connectivity index is 1.25. The third-order valence-corrected chi connectivity index (χ3v) is 7.96. The van der Waals surface area contributed by atoms with Gasteiger partial charge in [0.1, 0.15) is 16.9 Å². The van der Waals surface area contributed by atoms with E-state index in [1.54, 1.807) is 35.6 Å². The Labute approximate surface area is 217 Å². The number of carbonyl (C=O) groups is 3. The van der Waals surface area contributed by atoms with E-state index in [2.05, 4.69) is 6.07 Å². The van der Waals surface area contributed by atoms with E-state index in [9.17, 15) is 18.8 Å². The van der Waals surface area contributed by atoms with Gasteiger partial charge in [-0.15, -0.1) is 11.3 Å². The Morgan fingerprint density at radius 3 is 2.49 bits per heavy atom. The SMILES string of the molecule is Cc1ccc2nc(-c3ccc(N4C(=O)CC(N(Cc5ccc(F)cc5)C(=O)C5CC5)C4=O)cc3)sc2c1. The second kappa shape index (κ2) is 9.19. The van der Waals surface area contributed by atoms with E-state index in [1.165, 1.54) is 27.5 Å². The average molecular weight is 514 g/mol. The number of aromatic nitrogens is 1. The molecule has 1 aliphatic carbocycles. The number of thiazole rings is 1. The lowest BCUT2D eigenvalue weighted by Gasteiger charge is -2.28. The van der Waals surface area contributed by atoms with Crippen LogP contribution in [0.1, 0.15) is 30.4 Å². The van der Waals surface area contributed by atoms with Crippen LogP contribution < -0.4 is 4.90 Å². The maximum Gasteiger partial charge on any atom is 0.257 e. The zero-order valence-electron chi connectivity index (χ0n) is 20.2. The van der Waals surface area contributed by atoms with Crippen LogP contribution in [0, 0.1) is 18.7 Å². The van der Waals surface area contributed by atoms with Crippen molar-refractivity contribution in [1.82, 2.24) is 9.88 Å². The lowest BCUT2D eigenvalue weighted by molar-refractivity contribution is -0.140. The molecular weight excluding hydrogens is 489 g/mol. The minimum Gasteiger partial charge on any atom is -0.326 e. The van der Waals surface area contributed by atoms with Crippen LogP contribution in [-0.2, 0) is 20.9 Å². The van der Waals surface area contributed by atoms with E-state index in [4.69, 9.17) is 4.98 Å². The van der Waals surface area contributed by atoms with Gasteiger partial charge in [-0.2, -0.15) is 0 Å². The lowest BCUT2D eigenvalue weighted by Crippen LogP contribution is -2.45. The first-order valence-corrected chi connectivity index (χ1v) is 13.1. The van der Waals surface area contributed by atoms with E-state index in [0.29, 0.717) is 11.3 Å². The molecule has 0 N–H and O–H groups in total. The number of rotatable bonds is 6. The lowest BCUT2D eigenvalue weighted by atomic mass is 10.1. The molecule has 186 valence electrons. The van der Waals surface area contributed by atoms with Crippen LogP contribution in [0.5, 0.6) is 0 Å². The van der Waals surface area contributed by atoms with Crippen LogP contribution in [0.3, 0.4) is 0 Å². The number of nitrogens with zero attached hydrogens (tertiary/aromatic N) is 3. The van der Waals surface area contributed by atoms with Gasteiger partial charge in [-0.05, 0) is 79.4 Å². The highest BCUT2D eigenvalue weighted by Gasteiger charge is 2.46. The first-order chi connectivity index (χ1) is 17.9. The monoisotopic (exact) mass is 513 g/mol. The molecule has 1 aromatic heterocycles. The zero-order valence-corrected chi connectivity index (χ0v) is 21.0. The van der Waals surface area contributed by atoms with Gasteiger partial charge in [0.15, 0.2) is 0 Å². The third kappa shape index (κ3) is 4.53. The number of imide groups is 1. The van der Waals surface area contributed by atoms with Gasteiger partial charge in [-0.25, -0.2) is 14.3 Å². The molecule has 1 aliphatic heterocycles. The average Bonchev–Trinajstić information content (AvgIpc) is 3.59. The van der Waals surface area contributed by atoms with Crippen LogP contribution in [0.4, 0.5) is 10.1 Å². The normalized spacial score (nSPS) is 17.6. The Kier molecular flexibility index (Phi) is 5.83. The van der Waals surface area contributed by atoms with Crippen molar-refractivity contribution >= 4 is 45.0 Å². The summed E-state index contributed by atoms with van der Waals surface area (Å²) in [6, 6.07) is 18.3. The number of fused-ring (bicyclic) bond motifs is 1. The summed E-state index contributed by atoms with van der Waals surface area (Å²) >= 11 is 1.60. The number of amides is 3. The Morgan fingerprint density at radius 1 is 1.05 bits per heavy atom. The molecule has 6 rings (SSSR count). The molecule has 1 atom stereocenters. The quantitative estimate of drug-likeness (QED) is 0.320. The minimum absolute atomic E-state index is 0.0720. The molecule has 2 aliphatic rings. The van der Waals surface area contributed by atoms with E-state index in [-0.39, 0.29) is 36.5 Å². The van der Waals surface area contributed by atoms with Gasteiger partial charge >= 0.3 is 0 Å². The molecular formula is C29H24FN3O3S. The van der Waals surface area contributed by atoms with E-state index in [0.717, 1.165) is 33.6 Å². The molecule has 37 heavy (non-hydrogen) atoms. The van der Waals surface area contributed by atoms with Gasteiger partial charge < -0.3 is 4.90 Å². The molecule has 0 spiro atoms. The number of hydrogen-bond acceptors (Lipinski definition) is 5. The van der Waals surface area contributed by atoms with Gasteiger partial charge in [-0.3, -0.25) is 14.4 Å². The van der Waals surface area contributed by atoms with Gasteiger partial charge in [0.05, 0.1) is 22.3 Å². The summed E-state index contributed by atoms with van der Waals surface area (Å²) in [5.41, 5.74) is 4.19. The first kappa shape index (κ1) is 23.5. The van der Waals surface area contributed by atoms with Crippen molar-refractivity contribution in [2.75, 3.05) is 4.90 Å². The summed E-state index contributed by atoms with van der Waals surface area (Å²) in [6.07, 6.45) is 1.49. The second-order valence-corrected chi connectivity index (χ2v) is 10.7. The maximum absolute atomic E-state index is 13.5. The van der Waals surface area contributed by atoms with Crippen LogP contribution in [-0.4, -0.2) is 33.6 Å². The van der Waals surface area contributed by atoms with E-state index < -0.39 is 11.9 Å². The molecule has 1 unspecified atom stereocenters. The van der Waals surface area contributed by atoms with Gasteiger partial charge in [-0.1, -0.05) is 18.2 Å². The molecule has 6 nitrogen and oxygen atoms in total. The fourth-order valence-corrected chi connectivity index (χ4v) is 5.80. The molecule has 1 saturated heterocycles. The summed E-state index contributed by atoms with van der Waals surface area (Å²) in [7, 11) is 0. The molecule has 0 radical (unpaired) electrons. The van der Waals surface area contributed by atoms with Crippen molar-refractivity contribution in [2.45, 2.75) is 38.8 Å². The second-order valence-electron chi connectivity index (χ2n) is 9.69. The van der Waals surface area contributed by atoms with Crippen molar-refractivity contribution < 1.29 is 18.8 Å². The molecule has 8 heteroatoms. The summed E-state index contributed by atoms with van der Waals surface area (Å²) in [5.74, 6) is -1.37. The van der Waals surface area contributed by atoms with E-state index >= 15 is 0 Å². The number of anilines is 1. The Morgan fingerprint density at radius 2 is 1.78 bits per heavy atom. The van der Waals surface area contributed by atoms with Crippen LogP contribution in [0.15, 0.2) is 66.7 Å². The Hall–Kier alpha value is -3.91. The highest BCUT2D eigenvalue weighted by molar-refractivity contribution is 7.21. The highest BCUT2D eigenvalue weighted by atomic mass is 32.1. The van der Waals surface area contributed by atoms with Crippen molar-refractivity contribution in [3.63, 3.8) is 0 Å². The zero-order chi connectivity index (χ0) is 25.7. The number of carbonyl (C=O) groups excluding carboxylic acids is 3. The van der Waals surface area contributed by atoms with Crippen LogP contribution in [0.2, 0.25) is 0 Å². The number of hydrogen-bond donors (Lipinski definition) is 0. The third-order valence-electron chi connectivity index (χ3n) is 6.89. The minimum atomic E-state index is -0.877. The van der Waals surface area contributed by atoms with Gasteiger partial charge in [0.2, 0.25) is 11.8 Å². The topological polar surface area (TPSA) is 70.6 Å². The predicted molar refractivity (Wildman–Crippen MR) is 140 cm³/mol. The van der Waals surface area contributed by atoms with Gasteiger partial charge in [0.25, 0.3) is 5.91 Å². The fraction of sp³-hybridized carbons (Fsp3) is 0.241. The van der Waals surface area contributed by atoms with Crippen molar-refractivity contribution in [3.05, 3.63) is 83.7 Å². The Bertz CT molecular complexity index is 1530. The van der Waals surface area contributed by atoms with Crippen molar-refractivity contribution in [3.8, 4) is 10.6 Å². The summed E-state index contributed by atoms with van der Waals surface area (Å²) in [5, 5.41) is 0.865. The molecule has 1 saturated carbocycles. The van der Waals surface area contributed by atoms with E-state index in [1.807, 2.05) is 31.2 Å². The molecule has 3 aromatic carbocycles. The molecule has 4 aromatic rings. The summed E-state index contributed by atoms with van der Waals surface area (Å²) in [6.45, 7) is 2.20. The molecule has 3 amide bonds. The number of halogens is 1. The van der Waals surface area contributed by atoms with Crippen molar-refractivity contribution in [2.24, 2.45) is 5.92 Å². The van der Waals surface area contributed by atoms with Crippen molar-refractivity contribution in [1.29, 1.82) is 0 Å². The molecule has 2 heterocycles. The van der Waals surface area contributed by atoms with Crippen LogP contribution in [0.25, 0.3) is 20.8 Å². The van der Waals surface area contributed by atoms with Crippen LogP contribution >= 0.6 is 11.3 Å². The standard InChI is InChI=1S/C29H24FN3O3S/c1-17-2-13-23-25(14-17)37-27(31-23)19-7-11-22(12-8-19)33-26(34)15-24(29(33)36)32(28(35)20-5-6-20)16-18-3-9-21(30)10-4-18/h2-4,7-14,20,24H,5-6,15-16H2,1H3. The molecule has 0 bridgehead atoms. The first-order valence-electron chi connectivity index (χ1n) is 12.3. The summed E-state index contributed by atoms with van der Waals surface area (Å²) in [4.78, 5) is 47.0.